The molecule has 3 rings (SSSR count). The molecule has 41 heavy (non-hydrogen) atoms. The summed E-state index contributed by atoms with van der Waals surface area (Å²) in [6.07, 6.45) is 6.07. The number of methoxy groups -OCH3 is 4. The van der Waals surface area contributed by atoms with Crippen molar-refractivity contribution < 1.29 is 23.4 Å². The predicted octanol–water partition coefficient (Wildman–Crippen LogP) is 7.27. The minimum atomic E-state index is -2.49. The number of hydrogen-bond acceptors (Lipinski definition) is 5. The highest BCUT2D eigenvalue weighted by molar-refractivity contribution is 6.99. The van der Waals surface area contributed by atoms with Gasteiger partial charge in [0.1, 0.15) is 0 Å². The first-order valence-corrected chi connectivity index (χ1v) is 16.3. The lowest BCUT2D eigenvalue weighted by molar-refractivity contribution is 0.288. The molecule has 0 atom stereocenters. The Kier molecular flexibility index (Phi) is 11.5. The summed E-state index contributed by atoms with van der Waals surface area (Å²) in [4.78, 5) is 0. The molecule has 222 valence electrons. The van der Waals surface area contributed by atoms with Gasteiger partial charge in [-0.05, 0) is 54.9 Å². The molecule has 0 saturated carbocycles. The van der Waals surface area contributed by atoms with Gasteiger partial charge in [-0.25, -0.2) is 0 Å². The van der Waals surface area contributed by atoms with Gasteiger partial charge in [-0.15, -0.1) is 0 Å². The van der Waals surface area contributed by atoms with Crippen LogP contribution in [0.25, 0.3) is 0 Å². The Hall–Kier alpha value is -3.22. The second-order valence-electron chi connectivity index (χ2n) is 11.5. The maximum absolute atomic E-state index is 7.06. The van der Waals surface area contributed by atoms with Gasteiger partial charge in [-0.2, -0.15) is 0 Å². The number of ether oxygens (including phenoxy) is 4. The molecule has 6 heteroatoms. The molecule has 0 aliphatic rings. The van der Waals surface area contributed by atoms with Crippen molar-refractivity contribution in [1.82, 2.24) is 0 Å². The summed E-state index contributed by atoms with van der Waals surface area (Å²) in [5.74, 6) is 2.46. The van der Waals surface area contributed by atoms with Gasteiger partial charge < -0.3 is 23.4 Å². The molecule has 0 fully saturated rings. The second-order valence-corrected chi connectivity index (χ2v) is 15.8. The van der Waals surface area contributed by atoms with E-state index in [0.29, 0.717) is 23.0 Å². The van der Waals surface area contributed by atoms with Gasteiger partial charge >= 0.3 is 0 Å². The Morgan fingerprint density at radius 2 is 1.20 bits per heavy atom. The summed E-state index contributed by atoms with van der Waals surface area (Å²) in [6.45, 7) is 11.9. The topological polar surface area (TPSA) is 46.2 Å². The number of unbranched alkanes of at least 4 members (excludes halogenated alkanes) is 1. The quantitative estimate of drug-likeness (QED) is 0.115. The van der Waals surface area contributed by atoms with E-state index >= 15 is 0 Å². The van der Waals surface area contributed by atoms with Crippen LogP contribution in [0.4, 0.5) is 0 Å². The van der Waals surface area contributed by atoms with Crippen LogP contribution in [0, 0.1) is 6.92 Å². The summed E-state index contributed by atoms with van der Waals surface area (Å²) in [5, 5.41) is 2.64. The Morgan fingerprint density at radius 1 is 0.707 bits per heavy atom. The van der Waals surface area contributed by atoms with Crippen LogP contribution in [0.5, 0.6) is 23.0 Å². The molecule has 0 aliphatic heterocycles. The van der Waals surface area contributed by atoms with E-state index in [1.54, 1.807) is 28.4 Å². The summed E-state index contributed by atoms with van der Waals surface area (Å²) in [6, 6.07) is 21.7. The van der Waals surface area contributed by atoms with Crippen LogP contribution in [-0.4, -0.2) is 43.4 Å². The molecular formula is C35H48O5Si. The van der Waals surface area contributed by atoms with Crippen molar-refractivity contribution in [2.75, 3.05) is 35.0 Å². The fraction of sp³-hybridized carbons (Fsp3) is 0.429. The van der Waals surface area contributed by atoms with Crippen molar-refractivity contribution in [3.05, 3.63) is 83.4 Å². The molecule has 0 amide bonds. The van der Waals surface area contributed by atoms with Crippen molar-refractivity contribution >= 4 is 18.7 Å². The molecule has 5 nitrogen and oxygen atoms in total. The number of benzene rings is 3. The maximum Gasteiger partial charge on any atom is 0.261 e. The summed E-state index contributed by atoms with van der Waals surface area (Å²) < 4.78 is 29.7. The van der Waals surface area contributed by atoms with Crippen molar-refractivity contribution in [3.8, 4) is 23.0 Å². The molecule has 0 saturated heterocycles. The zero-order valence-electron chi connectivity index (χ0n) is 26.4. The SMILES string of the molecule is COc1c(C)c(CC=C(C)CCCCO[Si](c2ccccc2)(c2ccccc2)C(C)(C)C)c(OC)c(OC)c1OC. The third-order valence-corrected chi connectivity index (χ3v) is 12.9. The first-order chi connectivity index (χ1) is 19.7. The van der Waals surface area contributed by atoms with Crippen molar-refractivity contribution in [2.45, 2.75) is 65.3 Å². The van der Waals surface area contributed by atoms with Gasteiger partial charge in [0.25, 0.3) is 8.32 Å². The second kappa shape index (κ2) is 14.6. The van der Waals surface area contributed by atoms with E-state index in [0.717, 1.165) is 43.4 Å². The van der Waals surface area contributed by atoms with E-state index in [2.05, 4.69) is 94.4 Å². The lowest BCUT2D eigenvalue weighted by Gasteiger charge is -2.43. The molecule has 0 bridgehead atoms. The molecule has 0 unspecified atom stereocenters. The molecule has 0 aromatic heterocycles. The smallest absolute Gasteiger partial charge is 0.261 e. The Labute approximate surface area is 248 Å². The zero-order valence-corrected chi connectivity index (χ0v) is 27.4. The lowest BCUT2D eigenvalue weighted by Crippen LogP contribution is -2.66. The average molecular weight is 577 g/mol. The van der Waals surface area contributed by atoms with Crippen LogP contribution in [0.1, 0.15) is 58.1 Å². The van der Waals surface area contributed by atoms with E-state index in [-0.39, 0.29) is 5.04 Å². The highest BCUT2D eigenvalue weighted by Gasteiger charge is 2.49. The van der Waals surface area contributed by atoms with E-state index in [9.17, 15) is 0 Å². The summed E-state index contributed by atoms with van der Waals surface area (Å²) in [5.41, 5.74) is 3.37. The molecule has 3 aromatic rings. The van der Waals surface area contributed by atoms with E-state index in [1.165, 1.54) is 15.9 Å². The van der Waals surface area contributed by atoms with Gasteiger partial charge in [0, 0.05) is 17.7 Å². The van der Waals surface area contributed by atoms with Gasteiger partial charge in [0.2, 0.25) is 11.5 Å². The largest absolute Gasteiger partial charge is 0.492 e. The molecule has 3 aromatic carbocycles. The fourth-order valence-corrected chi connectivity index (χ4v) is 10.4. The molecule has 0 aliphatic carbocycles. The standard InChI is InChI=1S/C35H48O5Si/c1-26(23-24-30-27(2)31(36-6)33(38-8)34(39-9)32(30)37-7)18-16-17-25-40-41(35(3,4)5,28-19-12-10-13-20-28)29-21-14-11-15-22-29/h10-15,19-23H,16-18,24-25H2,1-9H3. The molecule has 0 N–H and O–H groups in total. The third-order valence-electron chi connectivity index (χ3n) is 7.86. The van der Waals surface area contributed by atoms with Gasteiger partial charge in [0.15, 0.2) is 11.5 Å². The van der Waals surface area contributed by atoms with Gasteiger partial charge in [0.05, 0.1) is 28.4 Å². The minimum absolute atomic E-state index is 0.0110. The molecule has 0 spiro atoms. The van der Waals surface area contributed by atoms with E-state index in [4.69, 9.17) is 23.4 Å². The predicted molar refractivity (Wildman–Crippen MR) is 172 cm³/mol. The Bertz CT molecular complexity index is 1240. The highest BCUT2D eigenvalue weighted by Crippen LogP contribution is 2.49. The van der Waals surface area contributed by atoms with Crippen molar-refractivity contribution in [1.29, 1.82) is 0 Å². The van der Waals surface area contributed by atoms with Crippen LogP contribution in [0.15, 0.2) is 72.3 Å². The van der Waals surface area contributed by atoms with E-state index < -0.39 is 8.32 Å². The third kappa shape index (κ3) is 6.99. The summed E-state index contributed by atoms with van der Waals surface area (Å²) >= 11 is 0. The minimum Gasteiger partial charge on any atom is -0.492 e. The fourth-order valence-electron chi connectivity index (χ4n) is 5.77. The van der Waals surface area contributed by atoms with Crippen molar-refractivity contribution in [2.24, 2.45) is 0 Å². The van der Waals surface area contributed by atoms with Crippen LogP contribution < -0.4 is 29.3 Å². The summed E-state index contributed by atoms with van der Waals surface area (Å²) in [7, 11) is 4.05. The van der Waals surface area contributed by atoms with Crippen LogP contribution in [0.3, 0.4) is 0 Å². The average Bonchev–Trinajstić information content (AvgIpc) is 2.97. The number of rotatable bonds is 14. The van der Waals surface area contributed by atoms with Gasteiger partial charge in [-0.3, -0.25) is 0 Å². The number of allylic oxidation sites excluding steroid dienone is 2. The monoisotopic (exact) mass is 576 g/mol. The first-order valence-electron chi connectivity index (χ1n) is 14.4. The van der Waals surface area contributed by atoms with Gasteiger partial charge in [-0.1, -0.05) is 93.1 Å². The molecule has 0 heterocycles. The zero-order chi connectivity index (χ0) is 30.0. The number of hydrogen-bond donors (Lipinski definition) is 0. The molecule has 0 radical (unpaired) electrons. The van der Waals surface area contributed by atoms with Crippen LogP contribution in [-0.2, 0) is 10.8 Å². The van der Waals surface area contributed by atoms with Crippen molar-refractivity contribution in [3.63, 3.8) is 0 Å². The molecular weight excluding hydrogens is 528 g/mol. The Morgan fingerprint density at radius 3 is 1.66 bits per heavy atom. The van der Waals surface area contributed by atoms with E-state index in [1.807, 2.05) is 6.92 Å². The van der Waals surface area contributed by atoms with Crippen LogP contribution >= 0.6 is 0 Å². The van der Waals surface area contributed by atoms with Crippen LogP contribution in [0.2, 0.25) is 5.04 Å². The maximum atomic E-state index is 7.06. The lowest BCUT2D eigenvalue weighted by atomic mass is 9.99. The normalized spacial score (nSPS) is 12.3. The highest BCUT2D eigenvalue weighted by atomic mass is 28.4. The Balaban J connectivity index is 1.73. The first kappa shape index (κ1) is 32.3.